The summed E-state index contributed by atoms with van der Waals surface area (Å²) in [6, 6.07) is 10.1. The van der Waals surface area contributed by atoms with E-state index in [0.717, 1.165) is 28.6 Å². The molecule has 29 heavy (non-hydrogen) atoms. The van der Waals surface area contributed by atoms with Crippen molar-refractivity contribution in [2.75, 3.05) is 6.61 Å². The number of H-pyrrole nitrogens is 1. The molecule has 0 bridgehead atoms. The maximum atomic E-state index is 14.8. The molecule has 3 rings (SSSR count). The quantitative estimate of drug-likeness (QED) is 0.414. The van der Waals surface area contributed by atoms with Crippen molar-refractivity contribution < 1.29 is 9.13 Å². The minimum atomic E-state index is -1.23. The van der Waals surface area contributed by atoms with Crippen molar-refractivity contribution in [1.82, 2.24) is 14.8 Å². The van der Waals surface area contributed by atoms with E-state index < -0.39 is 8.07 Å². The van der Waals surface area contributed by atoms with Crippen molar-refractivity contribution >= 4 is 8.07 Å². The van der Waals surface area contributed by atoms with Gasteiger partial charge in [0.1, 0.15) is 18.6 Å². The molecule has 1 N–H and O–H groups in total. The first-order valence-corrected chi connectivity index (χ1v) is 13.4. The molecule has 0 radical (unpaired) electrons. The van der Waals surface area contributed by atoms with E-state index in [4.69, 9.17) is 4.74 Å². The summed E-state index contributed by atoms with van der Waals surface area (Å²) in [4.78, 5) is 0. The highest BCUT2D eigenvalue weighted by Gasteiger charge is 2.22. The number of aromatic amines is 1. The van der Waals surface area contributed by atoms with E-state index >= 15 is 0 Å². The molecule has 0 unspecified atom stereocenters. The van der Waals surface area contributed by atoms with E-state index in [0.29, 0.717) is 23.4 Å². The molecule has 2 heterocycles. The van der Waals surface area contributed by atoms with E-state index in [1.54, 1.807) is 18.3 Å². The SMILES string of the molecule is Cc1ccc(-c2c(C#N)cc(-c3c[nH]nc3C)n2COCC[Si](C)(C)C)c(F)c1. The van der Waals surface area contributed by atoms with Crippen LogP contribution in [0.5, 0.6) is 0 Å². The number of nitrogens with one attached hydrogen (secondary N) is 1. The fourth-order valence-corrected chi connectivity index (χ4v) is 4.00. The zero-order chi connectivity index (χ0) is 21.2. The average molecular weight is 411 g/mol. The second-order valence-corrected chi connectivity index (χ2v) is 14.2. The smallest absolute Gasteiger partial charge is 0.132 e. The molecule has 5 nitrogen and oxygen atoms in total. The lowest BCUT2D eigenvalue weighted by atomic mass is 10.1. The molecule has 0 fully saturated rings. The average Bonchev–Trinajstić information content (AvgIpc) is 3.21. The van der Waals surface area contributed by atoms with Crippen LogP contribution in [0.15, 0.2) is 30.5 Å². The van der Waals surface area contributed by atoms with Gasteiger partial charge in [0.05, 0.1) is 22.6 Å². The van der Waals surface area contributed by atoms with Crippen LogP contribution in [0.25, 0.3) is 22.5 Å². The van der Waals surface area contributed by atoms with Gasteiger partial charge in [-0.05, 0) is 43.7 Å². The summed E-state index contributed by atoms with van der Waals surface area (Å²) < 4.78 is 22.7. The van der Waals surface area contributed by atoms with E-state index in [9.17, 15) is 9.65 Å². The summed E-state index contributed by atoms with van der Waals surface area (Å²) in [5.74, 6) is -0.349. The highest BCUT2D eigenvalue weighted by atomic mass is 28.3. The Morgan fingerprint density at radius 3 is 2.55 bits per heavy atom. The number of ether oxygens (including phenoxy) is 1. The third-order valence-corrected chi connectivity index (χ3v) is 6.62. The minimum Gasteiger partial charge on any atom is -0.361 e. The molecule has 152 valence electrons. The first kappa shape index (κ1) is 21.0. The molecule has 1 aromatic carbocycles. The lowest BCUT2D eigenvalue weighted by Gasteiger charge is -2.18. The monoisotopic (exact) mass is 410 g/mol. The van der Waals surface area contributed by atoms with Crippen LogP contribution in [-0.4, -0.2) is 29.4 Å². The van der Waals surface area contributed by atoms with Crippen LogP contribution in [0.2, 0.25) is 25.7 Å². The summed E-state index contributed by atoms with van der Waals surface area (Å²) in [6.07, 6.45) is 1.79. The Hall–Kier alpha value is -2.69. The van der Waals surface area contributed by atoms with E-state index in [1.807, 2.05) is 24.5 Å². The Balaban J connectivity index is 2.09. The van der Waals surface area contributed by atoms with E-state index in [1.165, 1.54) is 6.07 Å². The van der Waals surface area contributed by atoms with Gasteiger partial charge in [0.15, 0.2) is 0 Å². The molecule has 0 aliphatic rings. The molecule has 0 atom stereocenters. The fourth-order valence-electron chi connectivity index (χ4n) is 3.25. The number of nitriles is 1. The fraction of sp³-hybridized carbons (Fsp3) is 0.364. The van der Waals surface area contributed by atoms with Crippen molar-refractivity contribution in [3.8, 4) is 28.6 Å². The summed E-state index contributed by atoms with van der Waals surface area (Å²) in [7, 11) is -1.23. The molecule has 0 saturated carbocycles. The summed E-state index contributed by atoms with van der Waals surface area (Å²) in [5.41, 5.74) is 4.65. The van der Waals surface area contributed by atoms with Gasteiger partial charge in [0, 0.05) is 32.0 Å². The minimum absolute atomic E-state index is 0.245. The van der Waals surface area contributed by atoms with Crippen LogP contribution in [0.3, 0.4) is 0 Å². The van der Waals surface area contributed by atoms with Crippen molar-refractivity contribution in [2.24, 2.45) is 0 Å². The molecule has 0 saturated heterocycles. The van der Waals surface area contributed by atoms with Gasteiger partial charge in [0.2, 0.25) is 0 Å². The van der Waals surface area contributed by atoms with Crippen LogP contribution in [0, 0.1) is 31.0 Å². The van der Waals surface area contributed by atoms with Gasteiger partial charge in [-0.25, -0.2) is 4.39 Å². The van der Waals surface area contributed by atoms with Crippen molar-refractivity contribution in [1.29, 1.82) is 5.26 Å². The molecule has 3 aromatic rings. The number of rotatable bonds is 7. The zero-order valence-electron chi connectivity index (χ0n) is 17.6. The molecule has 2 aromatic heterocycles. The number of hydrogen-bond acceptors (Lipinski definition) is 3. The molecule has 0 spiro atoms. The number of nitrogens with zero attached hydrogens (tertiary/aromatic N) is 3. The maximum Gasteiger partial charge on any atom is 0.132 e. The van der Waals surface area contributed by atoms with Gasteiger partial charge in [-0.1, -0.05) is 25.7 Å². The van der Waals surface area contributed by atoms with Crippen molar-refractivity contribution in [2.45, 2.75) is 46.3 Å². The van der Waals surface area contributed by atoms with Crippen LogP contribution >= 0.6 is 0 Å². The first-order valence-electron chi connectivity index (χ1n) is 9.70. The Morgan fingerprint density at radius 2 is 1.97 bits per heavy atom. The Labute approximate surface area is 172 Å². The van der Waals surface area contributed by atoms with E-state index in [-0.39, 0.29) is 12.5 Å². The van der Waals surface area contributed by atoms with Gasteiger partial charge >= 0.3 is 0 Å². The lowest BCUT2D eigenvalue weighted by molar-refractivity contribution is 0.0895. The van der Waals surface area contributed by atoms with Crippen LogP contribution in [0.1, 0.15) is 16.8 Å². The third-order valence-electron chi connectivity index (χ3n) is 4.92. The summed E-state index contributed by atoms with van der Waals surface area (Å²) in [5, 5.41) is 16.8. The molecule has 0 aliphatic heterocycles. The Kier molecular flexibility index (Phi) is 6.06. The van der Waals surface area contributed by atoms with Gasteiger partial charge < -0.3 is 9.30 Å². The Bertz CT molecular complexity index is 1060. The van der Waals surface area contributed by atoms with Gasteiger partial charge in [0.25, 0.3) is 0 Å². The van der Waals surface area contributed by atoms with Gasteiger partial charge in [-0.2, -0.15) is 10.4 Å². The molecule has 7 heteroatoms. The van der Waals surface area contributed by atoms with Crippen LogP contribution < -0.4 is 0 Å². The number of aryl methyl sites for hydroxylation is 2. The van der Waals surface area contributed by atoms with Gasteiger partial charge in [-0.3, -0.25) is 5.10 Å². The number of aromatic nitrogens is 3. The highest BCUT2D eigenvalue weighted by Crippen LogP contribution is 2.35. The first-order chi connectivity index (χ1) is 13.7. The maximum absolute atomic E-state index is 14.8. The van der Waals surface area contributed by atoms with Gasteiger partial charge in [-0.15, -0.1) is 0 Å². The second kappa shape index (κ2) is 8.35. The molecule has 0 amide bonds. The Morgan fingerprint density at radius 1 is 1.21 bits per heavy atom. The number of halogens is 1. The summed E-state index contributed by atoms with van der Waals surface area (Å²) >= 11 is 0. The second-order valence-electron chi connectivity index (χ2n) is 8.55. The normalized spacial score (nSPS) is 11.6. The van der Waals surface area contributed by atoms with Crippen molar-refractivity contribution in [3.05, 3.63) is 53.1 Å². The molecule has 0 aliphatic carbocycles. The van der Waals surface area contributed by atoms with E-state index in [2.05, 4.69) is 35.9 Å². The topological polar surface area (TPSA) is 66.6 Å². The van der Waals surface area contributed by atoms with Crippen LogP contribution in [-0.2, 0) is 11.5 Å². The van der Waals surface area contributed by atoms with Crippen LogP contribution in [0.4, 0.5) is 4.39 Å². The largest absolute Gasteiger partial charge is 0.361 e. The number of benzene rings is 1. The van der Waals surface area contributed by atoms with Crippen molar-refractivity contribution in [3.63, 3.8) is 0 Å². The predicted molar refractivity (Wildman–Crippen MR) is 116 cm³/mol. The zero-order valence-corrected chi connectivity index (χ0v) is 18.6. The highest BCUT2D eigenvalue weighted by molar-refractivity contribution is 6.76. The third kappa shape index (κ3) is 4.66. The molecular weight excluding hydrogens is 383 g/mol. The standard InChI is InChI=1S/C22H27FN4OSi/c1-15-6-7-18(20(23)10-15)22-17(12-24)11-21(19-13-25-26-16(19)2)27(22)14-28-8-9-29(3,4)5/h6-7,10-11,13H,8-9,14H2,1-5H3,(H,25,26). The number of hydrogen-bond donors (Lipinski definition) is 1. The predicted octanol–water partition coefficient (Wildman–Crippen LogP) is 5.49. The lowest BCUT2D eigenvalue weighted by Crippen LogP contribution is -2.22. The molecular formula is C22H27FN4OSi. The summed E-state index contributed by atoms with van der Waals surface area (Å²) in [6.45, 7) is 11.5.